The number of aromatic nitrogens is 2. The Bertz CT molecular complexity index is 1090. The first-order valence-corrected chi connectivity index (χ1v) is 11.1. The zero-order chi connectivity index (χ0) is 21.8. The van der Waals surface area contributed by atoms with Crippen LogP contribution in [0.5, 0.6) is 5.75 Å². The summed E-state index contributed by atoms with van der Waals surface area (Å²) in [7, 11) is 1.58. The number of carbonyl (C=O) groups is 2. The van der Waals surface area contributed by atoms with E-state index in [4.69, 9.17) is 16.3 Å². The molecule has 0 bridgehead atoms. The van der Waals surface area contributed by atoms with Gasteiger partial charge in [-0.05, 0) is 55.3 Å². The second kappa shape index (κ2) is 9.45. The van der Waals surface area contributed by atoms with E-state index in [1.807, 2.05) is 17.0 Å². The van der Waals surface area contributed by atoms with Crippen LogP contribution in [0.4, 0.5) is 5.69 Å². The van der Waals surface area contributed by atoms with Crippen LogP contribution in [0.3, 0.4) is 0 Å². The van der Waals surface area contributed by atoms with E-state index in [0.717, 1.165) is 17.8 Å². The fourth-order valence-corrected chi connectivity index (χ4v) is 4.50. The van der Waals surface area contributed by atoms with Gasteiger partial charge in [0.15, 0.2) is 0 Å². The number of nitrogens with one attached hydrogen (secondary N) is 1. The molecule has 9 heteroatoms. The molecule has 0 unspecified atom stereocenters. The second-order valence-corrected chi connectivity index (χ2v) is 8.67. The van der Waals surface area contributed by atoms with Gasteiger partial charge in [0.2, 0.25) is 5.01 Å². The van der Waals surface area contributed by atoms with Crippen molar-refractivity contribution in [3.63, 3.8) is 0 Å². The number of halogens is 1. The molecule has 1 N–H and O–H groups in total. The van der Waals surface area contributed by atoms with E-state index in [0.29, 0.717) is 40.1 Å². The molecule has 0 radical (unpaired) electrons. The van der Waals surface area contributed by atoms with Crippen molar-refractivity contribution in [2.24, 2.45) is 0 Å². The molecule has 7 nitrogen and oxygen atoms in total. The monoisotopic (exact) mass is 456 g/mol. The minimum absolute atomic E-state index is 0.0335. The van der Waals surface area contributed by atoms with Crippen LogP contribution < -0.4 is 10.1 Å². The summed E-state index contributed by atoms with van der Waals surface area (Å²) in [6, 6.07) is 14.0. The largest absolute Gasteiger partial charge is 0.497 e. The van der Waals surface area contributed by atoms with Gasteiger partial charge in [0.1, 0.15) is 10.8 Å². The smallest absolute Gasteiger partial charge is 0.286 e. The molecule has 4 rings (SSSR count). The fraction of sp³-hybridized carbons (Fsp3) is 0.273. The van der Waals surface area contributed by atoms with Gasteiger partial charge in [0.05, 0.1) is 7.11 Å². The number of anilines is 1. The molecule has 1 aliphatic rings. The first-order chi connectivity index (χ1) is 15.0. The van der Waals surface area contributed by atoms with Crippen LogP contribution in [-0.2, 0) is 0 Å². The molecule has 1 aliphatic heterocycles. The highest BCUT2D eigenvalue weighted by Crippen LogP contribution is 2.30. The van der Waals surface area contributed by atoms with Crippen molar-refractivity contribution >= 4 is 40.4 Å². The summed E-state index contributed by atoms with van der Waals surface area (Å²) in [5.74, 6) is 0.359. The van der Waals surface area contributed by atoms with Crippen molar-refractivity contribution in [1.82, 2.24) is 15.1 Å². The highest BCUT2D eigenvalue weighted by atomic mass is 35.5. The standard InChI is InChI=1S/C22H21ClN4O3S/c1-30-18-6-2-4-14(12-18)22(29)27-11-3-5-15(13-27)20-25-26-21(31-20)19(28)24-17-9-7-16(23)8-10-17/h2,4,6-10,12,15H,3,5,11,13H2,1H3,(H,24,28)/t15-/m0/s1. The number of ether oxygens (including phenoxy) is 1. The van der Waals surface area contributed by atoms with Crippen LogP contribution in [0.2, 0.25) is 5.02 Å². The van der Waals surface area contributed by atoms with Crippen LogP contribution in [-0.4, -0.2) is 47.1 Å². The first-order valence-electron chi connectivity index (χ1n) is 9.87. The fourth-order valence-electron chi connectivity index (χ4n) is 3.51. The van der Waals surface area contributed by atoms with E-state index in [1.54, 1.807) is 43.5 Å². The lowest BCUT2D eigenvalue weighted by atomic mass is 9.98. The number of piperidine rings is 1. The number of amides is 2. The second-order valence-electron chi connectivity index (χ2n) is 7.23. The Morgan fingerprint density at radius 2 is 2.00 bits per heavy atom. The van der Waals surface area contributed by atoms with Gasteiger partial charge in [-0.3, -0.25) is 9.59 Å². The number of likely N-dealkylation sites (tertiary alicyclic amines) is 1. The zero-order valence-corrected chi connectivity index (χ0v) is 18.4. The van der Waals surface area contributed by atoms with E-state index < -0.39 is 0 Å². The van der Waals surface area contributed by atoms with Crippen LogP contribution in [0.1, 0.15) is 43.9 Å². The number of carbonyl (C=O) groups excluding carboxylic acids is 2. The van der Waals surface area contributed by atoms with Gasteiger partial charge in [-0.15, -0.1) is 10.2 Å². The Hall–Kier alpha value is -2.97. The van der Waals surface area contributed by atoms with Gasteiger partial charge < -0.3 is 15.0 Å². The van der Waals surface area contributed by atoms with Gasteiger partial charge in [0, 0.05) is 35.3 Å². The highest BCUT2D eigenvalue weighted by Gasteiger charge is 2.28. The van der Waals surface area contributed by atoms with Crippen LogP contribution >= 0.6 is 22.9 Å². The lowest BCUT2D eigenvalue weighted by molar-refractivity contribution is 0.0706. The number of nitrogens with zero attached hydrogens (tertiary/aromatic N) is 3. The summed E-state index contributed by atoms with van der Waals surface area (Å²) >= 11 is 7.14. The Morgan fingerprint density at radius 1 is 1.19 bits per heavy atom. The molecule has 3 aromatic rings. The summed E-state index contributed by atoms with van der Waals surface area (Å²) in [5, 5.41) is 12.8. The van der Waals surface area contributed by atoms with Crippen LogP contribution in [0, 0.1) is 0 Å². The minimum Gasteiger partial charge on any atom is -0.497 e. The molecule has 1 atom stereocenters. The predicted molar refractivity (Wildman–Crippen MR) is 120 cm³/mol. The molecule has 1 aromatic heterocycles. The number of benzene rings is 2. The molecule has 2 heterocycles. The summed E-state index contributed by atoms with van der Waals surface area (Å²) in [6.07, 6.45) is 1.77. The van der Waals surface area contributed by atoms with Gasteiger partial charge in [-0.25, -0.2) is 0 Å². The third-order valence-electron chi connectivity index (χ3n) is 5.11. The lowest BCUT2D eigenvalue weighted by Gasteiger charge is -2.31. The summed E-state index contributed by atoms with van der Waals surface area (Å²) < 4.78 is 5.22. The van der Waals surface area contributed by atoms with Gasteiger partial charge in [-0.2, -0.15) is 0 Å². The molecule has 1 saturated heterocycles. The summed E-state index contributed by atoms with van der Waals surface area (Å²) in [4.78, 5) is 27.3. The van der Waals surface area contributed by atoms with Crippen LogP contribution in [0.25, 0.3) is 0 Å². The highest BCUT2D eigenvalue weighted by molar-refractivity contribution is 7.13. The molecule has 0 aliphatic carbocycles. The number of methoxy groups -OCH3 is 1. The topological polar surface area (TPSA) is 84.4 Å². The third kappa shape index (κ3) is 5.03. The molecular formula is C22H21ClN4O3S. The molecule has 0 spiro atoms. The van der Waals surface area contributed by atoms with Crippen molar-refractivity contribution in [3.05, 3.63) is 69.1 Å². The van der Waals surface area contributed by atoms with E-state index in [2.05, 4.69) is 15.5 Å². The van der Waals surface area contributed by atoms with Crippen molar-refractivity contribution in [1.29, 1.82) is 0 Å². The molecular weight excluding hydrogens is 436 g/mol. The van der Waals surface area contributed by atoms with Gasteiger partial charge in [0.25, 0.3) is 11.8 Å². The summed E-state index contributed by atoms with van der Waals surface area (Å²) in [6.45, 7) is 1.23. The molecule has 160 valence electrons. The Labute approximate surface area is 189 Å². The number of hydrogen-bond donors (Lipinski definition) is 1. The summed E-state index contributed by atoms with van der Waals surface area (Å²) in [5.41, 5.74) is 1.24. The maximum atomic E-state index is 12.9. The number of rotatable bonds is 5. The Kier molecular flexibility index (Phi) is 6.48. The van der Waals surface area contributed by atoms with Crippen molar-refractivity contribution in [3.8, 4) is 5.75 Å². The lowest BCUT2D eigenvalue weighted by Crippen LogP contribution is -2.39. The molecule has 0 saturated carbocycles. The van der Waals surface area contributed by atoms with Gasteiger partial charge >= 0.3 is 0 Å². The number of hydrogen-bond acceptors (Lipinski definition) is 6. The van der Waals surface area contributed by atoms with Gasteiger partial charge in [-0.1, -0.05) is 29.0 Å². The Morgan fingerprint density at radius 3 is 2.77 bits per heavy atom. The van der Waals surface area contributed by atoms with Crippen molar-refractivity contribution < 1.29 is 14.3 Å². The van der Waals surface area contributed by atoms with E-state index in [9.17, 15) is 9.59 Å². The van der Waals surface area contributed by atoms with Crippen molar-refractivity contribution in [2.75, 3.05) is 25.5 Å². The normalized spacial score (nSPS) is 16.1. The molecule has 31 heavy (non-hydrogen) atoms. The minimum atomic E-state index is -0.314. The average Bonchev–Trinajstić information content (AvgIpc) is 3.31. The Balaban J connectivity index is 1.42. The maximum absolute atomic E-state index is 12.9. The third-order valence-corrected chi connectivity index (χ3v) is 6.45. The van der Waals surface area contributed by atoms with E-state index in [1.165, 1.54) is 11.3 Å². The predicted octanol–water partition coefficient (Wildman–Crippen LogP) is 4.47. The molecule has 1 fully saturated rings. The van der Waals surface area contributed by atoms with Crippen molar-refractivity contribution in [2.45, 2.75) is 18.8 Å². The first kappa shape index (κ1) is 21.3. The average molecular weight is 457 g/mol. The quantitative estimate of drug-likeness (QED) is 0.612. The zero-order valence-electron chi connectivity index (χ0n) is 16.9. The van der Waals surface area contributed by atoms with E-state index >= 15 is 0 Å². The SMILES string of the molecule is COc1cccc(C(=O)N2CCC[C@H](c3nnc(C(=O)Nc4ccc(Cl)cc4)s3)C2)c1. The maximum Gasteiger partial charge on any atom is 0.286 e. The molecule has 2 aromatic carbocycles. The van der Waals surface area contributed by atoms with Crippen LogP contribution in [0.15, 0.2) is 48.5 Å². The van der Waals surface area contributed by atoms with E-state index in [-0.39, 0.29) is 17.7 Å². The molecule has 2 amide bonds.